The van der Waals surface area contributed by atoms with Gasteiger partial charge in [0.15, 0.2) is 0 Å². The molecule has 0 spiro atoms. The van der Waals surface area contributed by atoms with Crippen molar-refractivity contribution in [3.05, 3.63) is 24.0 Å². The highest BCUT2D eigenvalue weighted by molar-refractivity contribution is 7.18. The second-order valence-corrected chi connectivity index (χ2v) is 5.90. The van der Waals surface area contributed by atoms with Crippen LogP contribution in [0.5, 0.6) is 0 Å². The van der Waals surface area contributed by atoms with Gasteiger partial charge < -0.3 is 15.5 Å². The summed E-state index contributed by atoms with van der Waals surface area (Å²) in [4.78, 5) is 8.85. The predicted octanol–water partition coefficient (Wildman–Crippen LogP) is 1.54. The number of hydrogen-bond acceptors (Lipinski definition) is 7. The Labute approximate surface area is 122 Å². The van der Waals surface area contributed by atoms with Crippen LogP contribution >= 0.6 is 11.3 Å². The number of anilines is 3. The molecule has 0 amide bonds. The van der Waals surface area contributed by atoms with Gasteiger partial charge >= 0.3 is 0 Å². The third kappa shape index (κ3) is 2.67. The zero-order valence-corrected chi connectivity index (χ0v) is 12.3. The van der Waals surface area contributed by atoms with Crippen LogP contribution in [0.3, 0.4) is 0 Å². The minimum atomic E-state index is 0.533. The van der Waals surface area contributed by atoms with Gasteiger partial charge in [-0.25, -0.2) is 0 Å². The van der Waals surface area contributed by atoms with Gasteiger partial charge in [-0.1, -0.05) is 11.3 Å². The summed E-state index contributed by atoms with van der Waals surface area (Å²) in [5, 5.41) is 9.49. The van der Waals surface area contributed by atoms with E-state index in [9.17, 15) is 0 Å². The molecule has 3 heterocycles. The first-order valence-corrected chi connectivity index (χ1v) is 7.55. The van der Waals surface area contributed by atoms with Crippen LogP contribution in [-0.4, -0.2) is 41.4 Å². The minimum Gasteiger partial charge on any atom is -0.374 e. The Morgan fingerprint density at radius 2 is 1.95 bits per heavy atom. The van der Waals surface area contributed by atoms with Crippen LogP contribution in [0.25, 0.3) is 0 Å². The summed E-state index contributed by atoms with van der Waals surface area (Å²) < 4.78 is 0. The Hall–Kier alpha value is -1.89. The second kappa shape index (κ2) is 5.62. The van der Waals surface area contributed by atoms with Crippen molar-refractivity contribution in [1.82, 2.24) is 15.2 Å². The maximum atomic E-state index is 5.66. The number of rotatable bonds is 2. The highest BCUT2D eigenvalue weighted by Crippen LogP contribution is 2.25. The molecule has 1 aliphatic heterocycles. The fourth-order valence-corrected chi connectivity index (χ4v) is 3.19. The summed E-state index contributed by atoms with van der Waals surface area (Å²) in [6, 6.07) is 2.09. The lowest BCUT2D eigenvalue weighted by Gasteiger charge is -2.24. The van der Waals surface area contributed by atoms with E-state index in [0.29, 0.717) is 5.13 Å². The topological polar surface area (TPSA) is 71.2 Å². The fourth-order valence-electron chi connectivity index (χ4n) is 2.52. The van der Waals surface area contributed by atoms with E-state index in [1.165, 1.54) is 22.6 Å². The molecule has 0 unspecified atom stereocenters. The fraction of sp³-hybridized carbons (Fsp3) is 0.462. The Kier molecular flexibility index (Phi) is 3.68. The standard InChI is InChI=1S/C13H18N6S/c1-10-9-15-4-3-11(10)18-5-2-6-19(8-7-18)13-17-16-12(14)20-13/h3-4,9H,2,5-8H2,1H3,(H2,14,16). The molecule has 0 atom stereocenters. The van der Waals surface area contributed by atoms with Crippen LogP contribution in [0.2, 0.25) is 0 Å². The molecule has 1 aliphatic rings. The third-order valence-electron chi connectivity index (χ3n) is 3.53. The van der Waals surface area contributed by atoms with Gasteiger partial charge in [-0.05, 0) is 25.0 Å². The predicted molar refractivity (Wildman–Crippen MR) is 82.3 cm³/mol. The lowest BCUT2D eigenvalue weighted by atomic mass is 10.2. The van der Waals surface area contributed by atoms with Crippen LogP contribution in [0.1, 0.15) is 12.0 Å². The molecular formula is C13H18N6S. The molecule has 20 heavy (non-hydrogen) atoms. The largest absolute Gasteiger partial charge is 0.374 e. The van der Waals surface area contributed by atoms with Crippen molar-refractivity contribution in [2.45, 2.75) is 13.3 Å². The SMILES string of the molecule is Cc1cnccc1N1CCCN(c2nnc(N)s2)CC1. The number of nitrogens with two attached hydrogens (primary N) is 1. The molecule has 0 radical (unpaired) electrons. The highest BCUT2D eigenvalue weighted by Gasteiger charge is 2.18. The van der Waals surface area contributed by atoms with E-state index in [2.05, 4.69) is 38.0 Å². The molecule has 1 fully saturated rings. The van der Waals surface area contributed by atoms with E-state index in [0.717, 1.165) is 37.7 Å². The van der Waals surface area contributed by atoms with Gasteiger partial charge in [-0.15, -0.1) is 10.2 Å². The van der Waals surface area contributed by atoms with Crippen LogP contribution in [0, 0.1) is 6.92 Å². The zero-order chi connectivity index (χ0) is 13.9. The van der Waals surface area contributed by atoms with Crippen molar-refractivity contribution < 1.29 is 0 Å². The van der Waals surface area contributed by atoms with Crippen LogP contribution in [-0.2, 0) is 0 Å². The number of aromatic nitrogens is 3. The molecule has 106 valence electrons. The number of pyridine rings is 1. The molecule has 0 aromatic carbocycles. The number of hydrogen-bond donors (Lipinski definition) is 1. The molecule has 1 saturated heterocycles. The molecule has 7 heteroatoms. The summed E-state index contributed by atoms with van der Waals surface area (Å²) in [5.74, 6) is 0. The van der Waals surface area contributed by atoms with Gasteiger partial charge in [0.25, 0.3) is 0 Å². The Morgan fingerprint density at radius 3 is 2.70 bits per heavy atom. The van der Waals surface area contributed by atoms with Crippen LogP contribution in [0.15, 0.2) is 18.5 Å². The second-order valence-electron chi connectivity index (χ2n) is 4.91. The first kappa shape index (κ1) is 13.1. The van der Waals surface area contributed by atoms with Crippen molar-refractivity contribution in [2.24, 2.45) is 0 Å². The maximum Gasteiger partial charge on any atom is 0.210 e. The smallest absolute Gasteiger partial charge is 0.210 e. The van der Waals surface area contributed by atoms with E-state index >= 15 is 0 Å². The number of nitrogen functional groups attached to an aromatic ring is 1. The van der Waals surface area contributed by atoms with Crippen molar-refractivity contribution in [2.75, 3.05) is 41.7 Å². The highest BCUT2D eigenvalue weighted by atomic mass is 32.1. The summed E-state index contributed by atoms with van der Waals surface area (Å²) >= 11 is 1.46. The van der Waals surface area contributed by atoms with Crippen molar-refractivity contribution in [3.8, 4) is 0 Å². The quantitative estimate of drug-likeness (QED) is 0.904. The molecule has 6 nitrogen and oxygen atoms in total. The summed E-state index contributed by atoms with van der Waals surface area (Å²) in [6.45, 7) is 6.07. The molecule has 0 aliphatic carbocycles. The van der Waals surface area contributed by atoms with Crippen molar-refractivity contribution >= 4 is 27.3 Å². The number of aryl methyl sites for hydroxylation is 1. The Bertz CT molecular complexity index is 584. The zero-order valence-electron chi connectivity index (χ0n) is 11.5. The molecule has 2 N–H and O–H groups in total. The van der Waals surface area contributed by atoms with Crippen LogP contribution < -0.4 is 15.5 Å². The van der Waals surface area contributed by atoms with E-state index in [1.807, 2.05) is 12.4 Å². The van der Waals surface area contributed by atoms with Gasteiger partial charge in [0.1, 0.15) is 0 Å². The average Bonchev–Trinajstić information content (AvgIpc) is 2.74. The summed E-state index contributed by atoms with van der Waals surface area (Å²) in [6.07, 6.45) is 4.88. The average molecular weight is 290 g/mol. The lowest BCUT2D eigenvalue weighted by Crippen LogP contribution is -2.31. The molecule has 2 aromatic rings. The van der Waals surface area contributed by atoms with Gasteiger partial charge in [0, 0.05) is 44.3 Å². The maximum absolute atomic E-state index is 5.66. The van der Waals surface area contributed by atoms with Gasteiger partial charge in [-0.2, -0.15) is 0 Å². The van der Waals surface area contributed by atoms with Gasteiger partial charge in [0.2, 0.25) is 10.3 Å². The first-order chi connectivity index (χ1) is 9.74. The lowest BCUT2D eigenvalue weighted by molar-refractivity contribution is 0.798. The monoisotopic (exact) mass is 290 g/mol. The van der Waals surface area contributed by atoms with E-state index < -0.39 is 0 Å². The van der Waals surface area contributed by atoms with Crippen LogP contribution in [0.4, 0.5) is 16.0 Å². The van der Waals surface area contributed by atoms with Crippen molar-refractivity contribution in [1.29, 1.82) is 0 Å². The Balaban J connectivity index is 1.72. The number of nitrogens with zero attached hydrogens (tertiary/aromatic N) is 5. The van der Waals surface area contributed by atoms with Gasteiger partial charge in [0.05, 0.1) is 0 Å². The van der Waals surface area contributed by atoms with E-state index in [1.54, 1.807) is 0 Å². The summed E-state index contributed by atoms with van der Waals surface area (Å²) in [5.41, 5.74) is 8.16. The molecule has 0 bridgehead atoms. The summed E-state index contributed by atoms with van der Waals surface area (Å²) in [7, 11) is 0. The van der Waals surface area contributed by atoms with Gasteiger partial charge in [-0.3, -0.25) is 4.98 Å². The molecule has 3 rings (SSSR count). The van der Waals surface area contributed by atoms with E-state index in [4.69, 9.17) is 5.73 Å². The Morgan fingerprint density at radius 1 is 1.15 bits per heavy atom. The molecule has 0 saturated carbocycles. The van der Waals surface area contributed by atoms with E-state index in [-0.39, 0.29) is 0 Å². The normalized spacial score (nSPS) is 16.2. The first-order valence-electron chi connectivity index (χ1n) is 6.73. The molecule has 2 aromatic heterocycles. The molecular weight excluding hydrogens is 272 g/mol. The minimum absolute atomic E-state index is 0.533. The van der Waals surface area contributed by atoms with Crippen molar-refractivity contribution in [3.63, 3.8) is 0 Å². The third-order valence-corrected chi connectivity index (χ3v) is 4.34.